The second-order valence-electron chi connectivity index (χ2n) is 17.8. The van der Waals surface area contributed by atoms with Crippen molar-refractivity contribution in [1.82, 2.24) is 0 Å². The molecule has 0 amide bonds. The fourth-order valence-electron chi connectivity index (χ4n) is 12.1. The summed E-state index contributed by atoms with van der Waals surface area (Å²) < 4.78 is 11.5. The second-order valence-corrected chi connectivity index (χ2v) is 17.8. The highest BCUT2D eigenvalue weighted by atomic mass is 16.7. The Morgan fingerprint density at radius 1 is 0.826 bits per heavy atom. The van der Waals surface area contributed by atoms with Crippen LogP contribution in [-0.4, -0.2) is 97.8 Å². The number of rotatable bonds is 4. The fourth-order valence-corrected chi connectivity index (χ4v) is 12.1. The molecule has 5 fully saturated rings. The number of carbonyl (C=O) groups is 1. The van der Waals surface area contributed by atoms with Gasteiger partial charge in [-0.05, 0) is 97.7 Å². The van der Waals surface area contributed by atoms with E-state index in [1.165, 1.54) is 5.57 Å². The van der Waals surface area contributed by atoms with E-state index in [4.69, 9.17) is 9.47 Å². The maximum absolute atomic E-state index is 14.4. The van der Waals surface area contributed by atoms with Crippen molar-refractivity contribution in [3.05, 3.63) is 11.1 Å². The number of fused-ring (bicyclic) bond motifs is 6. The van der Waals surface area contributed by atoms with Gasteiger partial charge in [0.25, 0.3) is 0 Å². The highest BCUT2D eigenvalue weighted by molar-refractivity contribution is 5.82. The van der Waals surface area contributed by atoms with Crippen LogP contribution in [0, 0.1) is 44.3 Å². The van der Waals surface area contributed by atoms with Gasteiger partial charge in [-0.2, -0.15) is 0 Å². The topological polar surface area (TPSA) is 177 Å². The van der Waals surface area contributed by atoms with E-state index >= 15 is 0 Å². The summed E-state index contributed by atoms with van der Waals surface area (Å²) >= 11 is 0. The van der Waals surface area contributed by atoms with E-state index < -0.39 is 66.3 Å². The largest absolute Gasteiger partial charge is 0.432 e. The first-order valence-corrected chi connectivity index (χ1v) is 17.6. The molecule has 6 rings (SSSR count). The van der Waals surface area contributed by atoms with Crippen molar-refractivity contribution in [2.75, 3.05) is 13.2 Å². The Bertz CT molecular complexity index is 1250. The van der Waals surface area contributed by atoms with Gasteiger partial charge < -0.3 is 45.2 Å². The van der Waals surface area contributed by atoms with Crippen LogP contribution in [0.1, 0.15) is 106 Å². The third kappa shape index (κ3) is 4.60. The Hall–Kier alpha value is -1.11. The second kappa shape index (κ2) is 11.2. The Kier molecular flexibility index (Phi) is 8.46. The number of hydrogen-bond acceptors (Lipinski definition) is 10. The highest BCUT2D eigenvalue weighted by Gasteiger charge is 2.70. The van der Waals surface area contributed by atoms with Crippen molar-refractivity contribution in [3.63, 3.8) is 0 Å². The van der Waals surface area contributed by atoms with Crippen LogP contribution in [0.15, 0.2) is 11.1 Å². The summed E-state index contributed by atoms with van der Waals surface area (Å²) in [5, 5.41) is 73.8. The molecular formula is C36H58O10. The zero-order valence-electron chi connectivity index (χ0n) is 28.5. The lowest BCUT2D eigenvalue weighted by Gasteiger charge is -2.71. The minimum absolute atomic E-state index is 0.0263. The summed E-state index contributed by atoms with van der Waals surface area (Å²) in [6.07, 6.45) is -1.86. The van der Waals surface area contributed by atoms with Crippen molar-refractivity contribution in [2.24, 2.45) is 44.3 Å². The highest BCUT2D eigenvalue weighted by Crippen LogP contribution is 2.75. The predicted molar refractivity (Wildman–Crippen MR) is 168 cm³/mol. The van der Waals surface area contributed by atoms with Crippen molar-refractivity contribution < 1.29 is 50.0 Å². The molecule has 4 saturated carbocycles. The van der Waals surface area contributed by atoms with Gasteiger partial charge in [-0.3, -0.25) is 4.79 Å². The lowest BCUT2D eigenvalue weighted by molar-refractivity contribution is -0.295. The average molecular weight is 651 g/mol. The number of aliphatic hydroxyl groups excluding tert-OH is 7. The molecule has 1 saturated heterocycles. The molecule has 10 nitrogen and oxygen atoms in total. The Morgan fingerprint density at radius 2 is 1.50 bits per heavy atom. The Balaban J connectivity index is 1.38. The Labute approximate surface area is 273 Å². The molecule has 1 aliphatic heterocycles. The normalized spacial score (nSPS) is 53.4. The first kappa shape index (κ1) is 34.7. The number of ether oxygens (including phenoxy) is 2. The molecule has 0 spiro atoms. The van der Waals surface area contributed by atoms with Gasteiger partial charge in [0.1, 0.15) is 24.4 Å². The van der Waals surface area contributed by atoms with Gasteiger partial charge in [0.2, 0.25) is 6.29 Å². The molecule has 2 unspecified atom stereocenters. The van der Waals surface area contributed by atoms with Crippen molar-refractivity contribution in [1.29, 1.82) is 0 Å². The zero-order valence-corrected chi connectivity index (χ0v) is 28.5. The quantitative estimate of drug-likeness (QED) is 0.177. The lowest BCUT2D eigenvalue weighted by atomic mass is 9.33. The molecule has 1 heterocycles. The average Bonchev–Trinajstić information content (AvgIpc) is 3.00. The lowest BCUT2D eigenvalue weighted by Crippen LogP contribution is -2.68. The minimum atomic E-state index is -1.65. The minimum Gasteiger partial charge on any atom is -0.432 e. The van der Waals surface area contributed by atoms with Gasteiger partial charge in [-0.1, -0.05) is 52.7 Å². The van der Waals surface area contributed by atoms with Gasteiger partial charge in [0.05, 0.1) is 30.8 Å². The number of allylic oxidation sites excluding steroid dienone is 1. The first-order chi connectivity index (χ1) is 21.3. The van der Waals surface area contributed by atoms with E-state index in [0.29, 0.717) is 19.3 Å². The van der Waals surface area contributed by atoms with Gasteiger partial charge in [-0.15, -0.1) is 0 Å². The van der Waals surface area contributed by atoms with Gasteiger partial charge >= 0.3 is 5.97 Å². The number of carbonyl (C=O) groups excluding carboxylic acids is 1. The smallest absolute Gasteiger partial charge is 0.318 e. The molecule has 0 bridgehead atoms. The maximum Gasteiger partial charge on any atom is 0.318 e. The van der Waals surface area contributed by atoms with Crippen LogP contribution in [0.5, 0.6) is 0 Å². The molecule has 6 aliphatic rings. The van der Waals surface area contributed by atoms with Crippen molar-refractivity contribution >= 4 is 5.97 Å². The summed E-state index contributed by atoms with van der Waals surface area (Å²) in [7, 11) is 0. The van der Waals surface area contributed by atoms with Gasteiger partial charge in [0, 0.05) is 5.41 Å². The van der Waals surface area contributed by atoms with Gasteiger partial charge in [0.15, 0.2) is 0 Å². The van der Waals surface area contributed by atoms with E-state index in [1.54, 1.807) is 0 Å². The maximum atomic E-state index is 14.4. The standard InChI is InChI=1S/C36H58O10/c1-31(2)11-13-36(30(44)46-29-27(42)26(41)25(40)22(17-37)45-29)14-12-34(5)19(20(36)15-31)7-8-24-32(3)16-21(39)28(43)33(4,18-38)23(32)9-10-35(24,34)6/h21-29,37-43H,7-18H2,1-6H3/t21?,22-,23-,24-,25-,26+,27-,28?,29+,32+,33+,34-,35-,36+/m1/s1. The number of esters is 1. The van der Waals surface area contributed by atoms with E-state index in [0.717, 1.165) is 50.5 Å². The van der Waals surface area contributed by atoms with Crippen molar-refractivity contribution in [3.8, 4) is 0 Å². The summed E-state index contributed by atoms with van der Waals surface area (Å²) in [6.45, 7) is 12.7. The summed E-state index contributed by atoms with van der Waals surface area (Å²) in [6, 6.07) is 0. The van der Waals surface area contributed by atoms with Crippen LogP contribution >= 0.6 is 0 Å². The molecule has 262 valence electrons. The molecule has 7 N–H and O–H groups in total. The number of hydrogen-bond donors (Lipinski definition) is 7. The predicted octanol–water partition coefficient (Wildman–Crippen LogP) is 2.58. The van der Waals surface area contributed by atoms with Gasteiger partial charge in [-0.25, -0.2) is 0 Å². The third-order valence-corrected chi connectivity index (χ3v) is 15.1. The molecule has 46 heavy (non-hydrogen) atoms. The van der Waals surface area contributed by atoms with Crippen LogP contribution in [0.25, 0.3) is 0 Å². The zero-order chi connectivity index (χ0) is 33.8. The molecule has 0 aromatic carbocycles. The Morgan fingerprint density at radius 3 is 2.15 bits per heavy atom. The molecule has 0 aromatic heterocycles. The van der Waals surface area contributed by atoms with Crippen LogP contribution in [0.2, 0.25) is 0 Å². The SMILES string of the molecule is CC1(C)CC[C@]2(C(=O)O[C@@H]3O[C@H](CO)[C@@H](O)[C@H](O)[C@H]3O)CC[C@]3(C)C(=C2C1)CC[C@@H]1[C@@]2(C)CC(O)C(O)[C@@](C)(CO)[C@@H]2CC[C@]13C. The molecule has 10 heteroatoms. The van der Waals surface area contributed by atoms with Crippen LogP contribution in [0.3, 0.4) is 0 Å². The van der Waals surface area contributed by atoms with Crippen LogP contribution < -0.4 is 0 Å². The molecule has 0 radical (unpaired) electrons. The fraction of sp³-hybridized carbons (Fsp3) is 0.917. The van der Waals surface area contributed by atoms with Crippen molar-refractivity contribution in [2.45, 2.75) is 149 Å². The molecule has 5 aliphatic carbocycles. The summed E-state index contributed by atoms with van der Waals surface area (Å²) in [5.41, 5.74) is 0.150. The monoisotopic (exact) mass is 650 g/mol. The van der Waals surface area contributed by atoms with E-state index in [9.17, 15) is 40.5 Å². The number of aliphatic hydroxyl groups is 7. The van der Waals surface area contributed by atoms with Crippen LogP contribution in [-0.2, 0) is 14.3 Å². The van der Waals surface area contributed by atoms with E-state index in [2.05, 4.69) is 34.6 Å². The molecular weight excluding hydrogens is 592 g/mol. The third-order valence-electron chi connectivity index (χ3n) is 15.1. The van der Waals surface area contributed by atoms with E-state index in [-0.39, 0.29) is 40.1 Å². The van der Waals surface area contributed by atoms with E-state index in [1.807, 2.05) is 6.92 Å². The first-order valence-electron chi connectivity index (χ1n) is 17.6. The molecule has 14 atom stereocenters. The summed E-state index contributed by atoms with van der Waals surface area (Å²) in [4.78, 5) is 14.4. The molecule has 0 aromatic rings. The summed E-state index contributed by atoms with van der Waals surface area (Å²) in [5.74, 6) is -0.154. The van der Waals surface area contributed by atoms with Crippen LogP contribution in [0.4, 0.5) is 0 Å².